The van der Waals surface area contributed by atoms with Gasteiger partial charge in [-0.15, -0.1) is 0 Å². The third-order valence-electron chi connectivity index (χ3n) is 2.57. The number of benzene rings is 1. The highest BCUT2D eigenvalue weighted by molar-refractivity contribution is 5.95. The summed E-state index contributed by atoms with van der Waals surface area (Å²) in [5.41, 5.74) is 1.79. The lowest BCUT2D eigenvalue weighted by Gasteiger charge is -2.20. The topological polar surface area (TPSA) is 53.2 Å². The van der Waals surface area contributed by atoms with Gasteiger partial charge in [-0.3, -0.25) is 4.79 Å². The summed E-state index contributed by atoms with van der Waals surface area (Å²) < 4.78 is 0. The van der Waals surface area contributed by atoms with Crippen molar-refractivity contribution in [2.45, 2.75) is 33.2 Å². The van der Waals surface area contributed by atoms with Crippen molar-refractivity contribution in [3.8, 4) is 0 Å². The van der Waals surface area contributed by atoms with Crippen molar-refractivity contribution >= 4 is 11.6 Å². The van der Waals surface area contributed by atoms with Gasteiger partial charge >= 0.3 is 0 Å². The zero-order chi connectivity index (χ0) is 14.3. The molecule has 1 rings (SSSR count). The summed E-state index contributed by atoms with van der Waals surface area (Å²) in [5, 5.41) is 9.52. The fraction of sp³-hybridized carbons (Fsp3) is 0.533. The summed E-state index contributed by atoms with van der Waals surface area (Å²) in [6.45, 7) is 10.7. The van der Waals surface area contributed by atoms with Crippen LogP contribution in [0.1, 0.15) is 38.1 Å². The molecule has 3 N–H and O–H groups in total. The van der Waals surface area contributed by atoms with Gasteiger partial charge in [0.1, 0.15) is 0 Å². The molecule has 0 aliphatic rings. The van der Waals surface area contributed by atoms with E-state index in [-0.39, 0.29) is 11.4 Å². The number of anilines is 1. The molecule has 106 valence electrons. The first-order valence-electron chi connectivity index (χ1n) is 6.79. The Kier molecular flexibility index (Phi) is 5.83. The lowest BCUT2D eigenvalue weighted by atomic mass is 10.1. The van der Waals surface area contributed by atoms with Gasteiger partial charge in [0.15, 0.2) is 0 Å². The van der Waals surface area contributed by atoms with Crippen LogP contribution >= 0.6 is 0 Å². The number of rotatable bonds is 6. The second-order valence-electron chi connectivity index (χ2n) is 5.54. The Hall–Kier alpha value is -1.55. The molecule has 0 saturated heterocycles. The molecule has 0 unspecified atom stereocenters. The zero-order valence-electron chi connectivity index (χ0n) is 12.3. The molecule has 4 heteroatoms. The largest absolute Gasteiger partial charge is 0.384 e. The third kappa shape index (κ3) is 6.25. The minimum Gasteiger partial charge on any atom is -0.384 e. The summed E-state index contributed by atoms with van der Waals surface area (Å²) in [6, 6.07) is 7.57. The molecule has 19 heavy (non-hydrogen) atoms. The number of hydrogen-bond donors (Lipinski definition) is 3. The second kappa shape index (κ2) is 7.14. The summed E-state index contributed by atoms with van der Waals surface area (Å²) in [7, 11) is 0. The minimum absolute atomic E-state index is 0.0287. The van der Waals surface area contributed by atoms with E-state index in [4.69, 9.17) is 0 Å². The molecule has 0 bridgehead atoms. The van der Waals surface area contributed by atoms with Crippen molar-refractivity contribution < 1.29 is 4.79 Å². The van der Waals surface area contributed by atoms with Crippen molar-refractivity contribution in [1.29, 1.82) is 0 Å². The van der Waals surface area contributed by atoms with Gasteiger partial charge in [0, 0.05) is 36.4 Å². The van der Waals surface area contributed by atoms with Crippen LogP contribution < -0.4 is 16.0 Å². The monoisotopic (exact) mass is 263 g/mol. The summed E-state index contributed by atoms with van der Waals surface area (Å²) in [4.78, 5) is 11.7. The molecule has 0 fully saturated rings. The Morgan fingerprint density at radius 2 is 1.95 bits per heavy atom. The molecule has 1 aromatic carbocycles. The fourth-order valence-corrected chi connectivity index (χ4v) is 1.68. The van der Waals surface area contributed by atoms with Crippen molar-refractivity contribution in [1.82, 2.24) is 10.6 Å². The average molecular weight is 263 g/mol. The van der Waals surface area contributed by atoms with E-state index in [1.54, 1.807) is 0 Å². The number of hydrogen-bond acceptors (Lipinski definition) is 3. The average Bonchev–Trinajstić information content (AvgIpc) is 2.34. The number of carbonyl (C=O) groups is 1. The second-order valence-corrected chi connectivity index (χ2v) is 5.54. The van der Waals surface area contributed by atoms with Gasteiger partial charge in [-0.1, -0.05) is 6.07 Å². The number of amides is 1. The van der Waals surface area contributed by atoms with E-state index in [9.17, 15) is 4.79 Å². The van der Waals surface area contributed by atoms with E-state index >= 15 is 0 Å². The van der Waals surface area contributed by atoms with Crippen LogP contribution in [0.2, 0.25) is 0 Å². The predicted molar refractivity (Wildman–Crippen MR) is 80.7 cm³/mol. The molecule has 0 aromatic heterocycles. The highest BCUT2D eigenvalue weighted by atomic mass is 16.1. The molecule has 0 saturated carbocycles. The molecule has 0 atom stereocenters. The fourth-order valence-electron chi connectivity index (χ4n) is 1.68. The first kappa shape index (κ1) is 15.5. The van der Waals surface area contributed by atoms with Crippen molar-refractivity contribution in [3.63, 3.8) is 0 Å². The van der Waals surface area contributed by atoms with Crippen LogP contribution in [-0.4, -0.2) is 31.1 Å². The van der Waals surface area contributed by atoms with E-state index in [1.165, 1.54) is 0 Å². The van der Waals surface area contributed by atoms with Crippen molar-refractivity contribution in [2.24, 2.45) is 0 Å². The molecule has 0 heterocycles. The van der Waals surface area contributed by atoms with Crippen LogP contribution in [-0.2, 0) is 0 Å². The standard InChI is InChI=1S/C15H25N3O/c1-5-16-14(19)12-7-6-8-13(11-12)17-9-10-18-15(2,3)4/h6-8,11,17-18H,5,9-10H2,1-4H3,(H,16,19). The van der Waals surface area contributed by atoms with Crippen LogP contribution in [0.25, 0.3) is 0 Å². The molecule has 0 aliphatic heterocycles. The zero-order valence-corrected chi connectivity index (χ0v) is 12.3. The van der Waals surface area contributed by atoms with Crippen molar-refractivity contribution in [2.75, 3.05) is 25.0 Å². The quantitative estimate of drug-likeness (QED) is 0.690. The van der Waals surface area contributed by atoms with Gasteiger partial charge in [0.25, 0.3) is 5.91 Å². The van der Waals surface area contributed by atoms with E-state index in [1.807, 2.05) is 31.2 Å². The Bertz CT molecular complexity index is 410. The molecule has 1 aromatic rings. The Balaban J connectivity index is 2.46. The van der Waals surface area contributed by atoms with Crippen LogP contribution in [0, 0.1) is 0 Å². The normalized spacial score (nSPS) is 11.2. The molecule has 1 amide bonds. The first-order valence-corrected chi connectivity index (χ1v) is 6.79. The van der Waals surface area contributed by atoms with E-state index in [2.05, 4.69) is 36.7 Å². The minimum atomic E-state index is -0.0287. The van der Waals surface area contributed by atoms with Crippen LogP contribution in [0.5, 0.6) is 0 Å². The van der Waals surface area contributed by atoms with Gasteiger partial charge in [-0.05, 0) is 45.9 Å². The van der Waals surface area contributed by atoms with Crippen LogP contribution in [0.15, 0.2) is 24.3 Å². The smallest absolute Gasteiger partial charge is 0.251 e. The lowest BCUT2D eigenvalue weighted by Crippen LogP contribution is -2.38. The summed E-state index contributed by atoms with van der Waals surface area (Å²) in [5.74, 6) is -0.0287. The van der Waals surface area contributed by atoms with Gasteiger partial charge in [-0.25, -0.2) is 0 Å². The third-order valence-corrected chi connectivity index (χ3v) is 2.57. The Morgan fingerprint density at radius 1 is 1.21 bits per heavy atom. The van der Waals surface area contributed by atoms with Gasteiger partial charge in [0.2, 0.25) is 0 Å². The highest BCUT2D eigenvalue weighted by Crippen LogP contribution is 2.10. The van der Waals surface area contributed by atoms with Gasteiger partial charge in [-0.2, -0.15) is 0 Å². The molecule has 0 aliphatic carbocycles. The number of nitrogens with one attached hydrogen (secondary N) is 3. The maximum Gasteiger partial charge on any atom is 0.251 e. The highest BCUT2D eigenvalue weighted by Gasteiger charge is 2.07. The summed E-state index contributed by atoms with van der Waals surface area (Å²) in [6.07, 6.45) is 0. The van der Waals surface area contributed by atoms with Gasteiger partial charge in [0.05, 0.1) is 0 Å². The predicted octanol–water partition coefficient (Wildman–Crippen LogP) is 2.24. The molecule has 0 radical (unpaired) electrons. The molecular weight excluding hydrogens is 238 g/mol. The van der Waals surface area contributed by atoms with E-state index < -0.39 is 0 Å². The Labute approximate surface area is 116 Å². The van der Waals surface area contributed by atoms with E-state index in [0.29, 0.717) is 12.1 Å². The van der Waals surface area contributed by atoms with Crippen LogP contribution in [0.4, 0.5) is 5.69 Å². The SMILES string of the molecule is CCNC(=O)c1cccc(NCCNC(C)(C)C)c1. The van der Waals surface area contributed by atoms with E-state index in [0.717, 1.165) is 18.8 Å². The van der Waals surface area contributed by atoms with Crippen molar-refractivity contribution in [3.05, 3.63) is 29.8 Å². The first-order chi connectivity index (χ1) is 8.92. The maximum atomic E-state index is 11.7. The molecule has 0 spiro atoms. The summed E-state index contributed by atoms with van der Waals surface area (Å²) >= 11 is 0. The lowest BCUT2D eigenvalue weighted by molar-refractivity contribution is 0.0956. The molecule has 4 nitrogen and oxygen atoms in total. The maximum absolute atomic E-state index is 11.7. The van der Waals surface area contributed by atoms with Crippen LogP contribution in [0.3, 0.4) is 0 Å². The molecular formula is C15H25N3O. The van der Waals surface area contributed by atoms with Gasteiger partial charge < -0.3 is 16.0 Å². The Morgan fingerprint density at radius 3 is 2.58 bits per heavy atom. The number of carbonyl (C=O) groups excluding carboxylic acids is 1.